The lowest BCUT2D eigenvalue weighted by molar-refractivity contribution is -0.862. The summed E-state index contributed by atoms with van der Waals surface area (Å²) in [6.45, 7) is 6.47. The van der Waals surface area contributed by atoms with E-state index in [1.165, 1.54) is 5.56 Å². The molecule has 2 aromatic carbocycles. The first-order valence-electron chi connectivity index (χ1n) is 8.92. The minimum atomic E-state index is -0.107. The van der Waals surface area contributed by atoms with Crippen LogP contribution >= 0.6 is 11.8 Å². The van der Waals surface area contributed by atoms with Crippen molar-refractivity contribution in [2.24, 2.45) is 0 Å². The Morgan fingerprint density at radius 3 is 2.11 bits per heavy atom. The highest BCUT2D eigenvalue weighted by atomic mass is 32.2. The van der Waals surface area contributed by atoms with E-state index < -0.39 is 0 Å². The van der Waals surface area contributed by atoms with Gasteiger partial charge in [-0.2, -0.15) is 0 Å². The van der Waals surface area contributed by atoms with Gasteiger partial charge in [-0.25, -0.2) is 0 Å². The number of carbonyl (C=O) groups is 2. The van der Waals surface area contributed by atoms with Crippen LogP contribution in [0.2, 0.25) is 0 Å². The van der Waals surface area contributed by atoms with Crippen LogP contribution in [-0.2, 0) is 9.59 Å². The molecule has 0 aromatic heterocycles. The average molecular weight is 387 g/mol. The minimum absolute atomic E-state index is 0.0973. The van der Waals surface area contributed by atoms with Gasteiger partial charge in [0.2, 0.25) is 0 Å². The van der Waals surface area contributed by atoms with E-state index >= 15 is 0 Å². The highest BCUT2D eigenvalue weighted by molar-refractivity contribution is 7.98. The number of anilines is 2. The van der Waals surface area contributed by atoms with Gasteiger partial charge in [0, 0.05) is 10.6 Å². The number of benzene rings is 2. The van der Waals surface area contributed by atoms with Crippen LogP contribution in [0, 0.1) is 20.8 Å². The molecular weight excluding hydrogens is 358 g/mol. The van der Waals surface area contributed by atoms with Gasteiger partial charge in [0.1, 0.15) is 0 Å². The highest BCUT2D eigenvalue weighted by Crippen LogP contribution is 2.24. The van der Waals surface area contributed by atoms with Gasteiger partial charge in [-0.3, -0.25) is 9.59 Å². The molecule has 0 heterocycles. The largest absolute Gasteiger partial charge is 0.322 e. The van der Waals surface area contributed by atoms with Gasteiger partial charge in [0.05, 0.1) is 12.7 Å². The van der Waals surface area contributed by atoms with Crippen molar-refractivity contribution in [1.82, 2.24) is 0 Å². The highest BCUT2D eigenvalue weighted by Gasteiger charge is 2.16. The molecule has 2 rings (SSSR count). The van der Waals surface area contributed by atoms with E-state index in [1.807, 2.05) is 58.3 Å². The summed E-state index contributed by atoms with van der Waals surface area (Å²) in [7, 11) is 1.84. The number of amides is 2. The molecule has 27 heavy (non-hydrogen) atoms. The fraction of sp³-hybridized carbons (Fsp3) is 0.333. The first-order valence-corrected chi connectivity index (χ1v) is 10.1. The summed E-state index contributed by atoms with van der Waals surface area (Å²) in [5.41, 5.74) is 4.93. The fourth-order valence-corrected chi connectivity index (χ4v) is 3.67. The smallest absolute Gasteiger partial charge is 0.279 e. The van der Waals surface area contributed by atoms with E-state index in [2.05, 4.69) is 22.8 Å². The molecule has 0 saturated carbocycles. The van der Waals surface area contributed by atoms with Crippen molar-refractivity contribution in [3.8, 4) is 0 Å². The Morgan fingerprint density at radius 2 is 1.52 bits per heavy atom. The molecule has 2 amide bonds. The van der Waals surface area contributed by atoms with E-state index in [9.17, 15) is 9.59 Å². The van der Waals surface area contributed by atoms with Crippen molar-refractivity contribution in [2.75, 3.05) is 37.0 Å². The Morgan fingerprint density at radius 1 is 0.963 bits per heavy atom. The van der Waals surface area contributed by atoms with Crippen molar-refractivity contribution in [1.29, 1.82) is 0 Å². The molecule has 1 unspecified atom stereocenters. The standard InChI is InChI=1S/C21H27N3O2S/c1-14-10-15(2)21(16(3)11-14)23-20(26)13-24(4)12-19(25)22-17-8-6-7-9-18(17)27-5/h6-11H,12-13H2,1-5H3,(H,22,25)(H,23,26)/p+1. The second-order valence-corrected chi connectivity index (χ2v) is 7.73. The SMILES string of the molecule is CSc1ccccc1NC(=O)C[NH+](C)CC(=O)Nc1c(C)cc(C)cc1C. The molecule has 0 fully saturated rings. The van der Waals surface area contributed by atoms with Crippen molar-refractivity contribution in [3.05, 3.63) is 53.1 Å². The molecule has 0 aliphatic rings. The molecule has 0 aliphatic carbocycles. The van der Waals surface area contributed by atoms with Crippen molar-refractivity contribution in [2.45, 2.75) is 25.7 Å². The minimum Gasteiger partial charge on any atom is -0.322 e. The lowest BCUT2D eigenvalue weighted by Crippen LogP contribution is -3.11. The van der Waals surface area contributed by atoms with Gasteiger partial charge in [0.15, 0.2) is 13.1 Å². The number of quaternary nitrogens is 1. The lowest BCUT2D eigenvalue weighted by Gasteiger charge is -2.16. The summed E-state index contributed by atoms with van der Waals surface area (Å²) >= 11 is 1.59. The van der Waals surface area contributed by atoms with Crippen LogP contribution in [0.25, 0.3) is 0 Å². The zero-order valence-electron chi connectivity index (χ0n) is 16.6. The second kappa shape index (κ2) is 9.58. The van der Waals surface area contributed by atoms with E-state index in [-0.39, 0.29) is 24.9 Å². The summed E-state index contributed by atoms with van der Waals surface area (Å²) < 4.78 is 0. The summed E-state index contributed by atoms with van der Waals surface area (Å²) in [6, 6.07) is 11.8. The topological polar surface area (TPSA) is 62.6 Å². The Hall–Kier alpha value is -2.31. The van der Waals surface area contributed by atoms with Crippen LogP contribution in [0.5, 0.6) is 0 Å². The molecule has 1 atom stereocenters. The van der Waals surface area contributed by atoms with Crippen molar-refractivity contribution >= 4 is 35.0 Å². The van der Waals surface area contributed by atoms with Gasteiger partial charge in [-0.1, -0.05) is 29.8 Å². The zero-order valence-corrected chi connectivity index (χ0v) is 17.4. The molecule has 0 saturated heterocycles. The third-order valence-electron chi connectivity index (χ3n) is 4.25. The van der Waals surface area contributed by atoms with E-state index in [0.29, 0.717) is 0 Å². The molecule has 0 radical (unpaired) electrons. The summed E-state index contributed by atoms with van der Waals surface area (Å²) in [4.78, 5) is 26.5. The number of hydrogen-bond acceptors (Lipinski definition) is 3. The summed E-state index contributed by atoms with van der Waals surface area (Å²) in [5.74, 6) is -0.204. The van der Waals surface area contributed by atoms with Crippen molar-refractivity contribution < 1.29 is 14.5 Å². The van der Waals surface area contributed by atoms with Crippen LogP contribution in [-0.4, -0.2) is 38.2 Å². The molecule has 144 valence electrons. The maximum absolute atomic E-state index is 12.4. The van der Waals surface area contributed by atoms with Crippen LogP contribution in [0.3, 0.4) is 0 Å². The normalized spacial score (nSPS) is 11.7. The number of aryl methyl sites for hydroxylation is 3. The van der Waals surface area contributed by atoms with E-state index in [1.54, 1.807) is 11.8 Å². The number of thioether (sulfide) groups is 1. The van der Waals surface area contributed by atoms with Gasteiger partial charge < -0.3 is 15.5 Å². The van der Waals surface area contributed by atoms with Crippen molar-refractivity contribution in [3.63, 3.8) is 0 Å². The second-order valence-electron chi connectivity index (χ2n) is 6.88. The first-order chi connectivity index (χ1) is 12.8. The Bertz CT molecular complexity index is 813. The lowest BCUT2D eigenvalue weighted by atomic mass is 10.1. The monoisotopic (exact) mass is 386 g/mol. The number of nitrogens with one attached hydrogen (secondary N) is 3. The molecule has 0 spiro atoms. The number of rotatable bonds is 7. The molecule has 0 aliphatic heterocycles. The number of carbonyl (C=O) groups excluding carboxylic acids is 2. The predicted molar refractivity (Wildman–Crippen MR) is 113 cm³/mol. The maximum atomic E-state index is 12.4. The molecule has 3 N–H and O–H groups in total. The summed E-state index contributed by atoms with van der Waals surface area (Å²) in [6.07, 6.45) is 1.97. The zero-order chi connectivity index (χ0) is 20.0. The van der Waals surface area contributed by atoms with Crippen LogP contribution in [0.1, 0.15) is 16.7 Å². The molecule has 2 aromatic rings. The summed E-state index contributed by atoms with van der Waals surface area (Å²) in [5, 5.41) is 5.91. The van der Waals surface area contributed by atoms with Crippen LogP contribution < -0.4 is 15.5 Å². The number of para-hydroxylation sites is 1. The first kappa shape index (κ1) is 21.0. The molecule has 5 nitrogen and oxygen atoms in total. The molecular formula is C21H28N3O2S+. The fourth-order valence-electron chi connectivity index (χ4n) is 3.11. The molecule has 0 bridgehead atoms. The van der Waals surface area contributed by atoms with Gasteiger partial charge in [0.25, 0.3) is 11.8 Å². The van der Waals surface area contributed by atoms with Gasteiger partial charge in [-0.05, 0) is 50.3 Å². The average Bonchev–Trinajstić information content (AvgIpc) is 2.58. The predicted octanol–water partition coefficient (Wildman–Crippen LogP) is 2.43. The third-order valence-corrected chi connectivity index (χ3v) is 5.04. The molecule has 6 heteroatoms. The Balaban J connectivity index is 1.90. The van der Waals surface area contributed by atoms with Gasteiger partial charge >= 0.3 is 0 Å². The Kier molecular flexibility index (Phi) is 7.45. The number of likely N-dealkylation sites (N-methyl/N-ethyl adjacent to an activating group) is 1. The van der Waals surface area contributed by atoms with Crippen LogP contribution in [0.15, 0.2) is 41.3 Å². The Labute approximate surface area is 165 Å². The van der Waals surface area contributed by atoms with Crippen LogP contribution in [0.4, 0.5) is 11.4 Å². The third kappa shape index (κ3) is 6.12. The van der Waals surface area contributed by atoms with E-state index in [4.69, 9.17) is 0 Å². The maximum Gasteiger partial charge on any atom is 0.279 e. The quantitative estimate of drug-likeness (QED) is 0.641. The number of hydrogen-bond donors (Lipinski definition) is 3. The van der Waals surface area contributed by atoms with Gasteiger partial charge in [-0.15, -0.1) is 11.8 Å². The van der Waals surface area contributed by atoms with E-state index in [0.717, 1.165) is 32.3 Å².